The average Bonchev–Trinajstić information content (AvgIpc) is 2.13. The van der Waals surface area contributed by atoms with Gasteiger partial charge in [-0.25, -0.2) is 4.39 Å². The number of nitrogens with two attached hydrogens (primary N) is 1. The molecule has 1 aromatic carbocycles. The summed E-state index contributed by atoms with van der Waals surface area (Å²) in [6.07, 6.45) is 5.55. The molecule has 0 aliphatic rings. The van der Waals surface area contributed by atoms with E-state index in [4.69, 9.17) is 5.73 Å². The molecule has 0 heterocycles. The third-order valence-electron chi connectivity index (χ3n) is 2.16. The second kappa shape index (κ2) is 5.08. The van der Waals surface area contributed by atoms with E-state index in [9.17, 15) is 4.39 Å². The predicted octanol–water partition coefficient (Wildman–Crippen LogP) is 3.36. The molecule has 0 saturated carbocycles. The Morgan fingerprint density at radius 3 is 2.60 bits per heavy atom. The van der Waals surface area contributed by atoms with Crippen LogP contribution in [0, 0.1) is 5.82 Å². The number of hydrogen-bond acceptors (Lipinski definition) is 1. The Labute approximate surface area is 90.8 Å². The third kappa shape index (κ3) is 4.75. The molecule has 0 bridgehead atoms. The van der Waals surface area contributed by atoms with E-state index in [0.717, 1.165) is 12.8 Å². The molecule has 0 aromatic heterocycles. The van der Waals surface area contributed by atoms with Crippen molar-refractivity contribution in [2.24, 2.45) is 5.73 Å². The standard InChI is InChI=1S/C13H18FN/c1-13(2,15)10-6-5-8-11-7-3-4-9-12(11)14/h3-5,7-9H,6,10,15H2,1-2H3/b8-5+. The minimum Gasteiger partial charge on any atom is -0.326 e. The van der Waals surface area contributed by atoms with Crippen LogP contribution in [0.2, 0.25) is 0 Å². The Morgan fingerprint density at radius 1 is 1.33 bits per heavy atom. The van der Waals surface area contributed by atoms with Crippen molar-refractivity contribution >= 4 is 6.08 Å². The summed E-state index contributed by atoms with van der Waals surface area (Å²) < 4.78 is 13.2. The van der Waals surface area contributed by atoms with Gasteiger partial charge < -0.3 is 5.73 Å². The zero-order chi connectivity index (χ0) is 11.3. The van der Waals surface area contributed by atoms with Crippen LogP contribution in [-0.2, 0) is 0 Å². The fraction of sp³-hybridized carbons (Fsp3) is 0.385. The minimum absolute atomic E-state index is 0.153. The van der Waals surface area contributed by atoms with Gasteiger partial charge in [-0.2, -0.15) is 0 Å². The summed E-state index contributed by atoms with van der Waals surface area (Å²) in [5.41, 5.74) is 6.32. The van der Waals surface area contributed by atoms with Gasteiger partial charge in [0.15, 0.2) is 0 Å². The molecule has 0 radical (unpaired) electrons. The molecule has 0 aliphatic heterocycles. The quantitative estimate of drug-likeness (QED) is 0.805. The number of rotatable bonds is 4. The zero-order valence-electron chi connectivity index (χ0n) is 9.33. The van der Waals surface area contributed by atoms with Crippen LogP contribution < -0.4 is 5.73 Å². The largest absolute Gasteiger partial charge is 0.326 e. The Hall–Kier alpha value is -1.15. The van der Waals surface area contributed by atoms with E-state index in [2.05, 4.69) is 0 Å². The maximum Gasteiger partial charge on any atom is 0.130 e. The predicted molar refractivity (Wildman–Crippen MR) is 62.9 cm³/mol. The lowest BCUT2D eigenvalue weighted by Gasteiger charge is -2.16. The van der Waals surface area contributed by atoms with Crippen molar-refractivity contribution in [2.45, 2.75) is 32.2 Å². The molecule has 2 N–H and O–H groups in total. The van der Waals surface area contributed by atoms with Gasteiger partial charge in [0.1, 0.15) is 5.82 Å². The summed E-state index contributed by atoms with van der Waals surface area (Å²) in [5, 5.41) is 0. The normalized spacial score (nSPS) is 12.3. The Morgan fingerprint density at radius 2 is 2.00 bits per heavy atom. The molecule has 0 amide bonds. The first-order valence-corrected chi connectivity index (χ1v) is 5.19. The number of hydrogen-bond donors (Lipinski definition) is 1. The molecule has 82 valence electrons. The van der Waals surface area contributed by atoms with Crippen LogP contribution in [0.15, 0.2) is 30.3 Å². The fourth-order valence-electron chi connectivity index (χ4n) is 1.28. The van der Waals surface area contributed by atoms with E-state index in [-0.39, 0.29) is 11.4 Å². The molecule has 1 rings (SSSR count). The molecule has 1 aromatic rings. The highest BCUT2D eigenvalue weighted by molar-refractivity contribution is 5.49. The van der Waals surface area contributed by atoms with Gasteiger partial charge in [-0.05, 0) is 32.8 Å². The van der Waals surface area contributed by atoms with Crippen molar-refractivity contribution in [2.75, 3.05) is 0 Å². The van der Waals surface area contributed by atoms with Crippen LogP contribution in [0.5, 0.6) is 0 Å². The number of halogens is 1. The van der Waals surface area contributed by atoms with E-state index in [1.165, 1.54) is 6.07 Å². The highest BCUT2D eigenvalue weighted by Crippen LogP contribution is 2.11. The lowest BCUT2D eigenvalue weighted by atomic mass is 10.00. The van der Waals surface area contributed by atoms with Crippen molar-refractivity contribution < 1.29 is 4.39 Å². The van der Waals surface area contributed by atoms with E-state index in [1.54, 1.807) is 18.2 Å². The van der Waals surface area contributed by atoms with Gasteiger partial charge in [-0.1, -0.05) is 30.4 Å². The summed E-state index contributed by atoms with van der Waals surface area (Å²) in [6, 6.07) is 6.75. The molecule has 2 heteroatoms. The van der Waals surface area contributed by atoms with Crippen LogP contribution in [0.25, 0.3) is 6.08 Å². The van der Waals surface area contributed by atoms with Gasteiger partial charge in [-0.3, -0.25) is 0 Å². The van der Waals surface area contributed by atoms with Crippen LogP contribution in [-0.4, -0.2) is 5.54 Å². The molecular weight excluding hydrogens is 189 g/mol. The smallest absolute Gasteiger partial charge is 0.130 e. The summed E-state index contributed by atoms with van der Waals surface area (Å²) in [4.78, 5) is 0. The van der Waals surface area contributed by atoms with Gasteiger partial charge >= 0.3 is 0 Å². The van der Waals surface area contributed by atoms with Crippen molar-refractivity contribution in [1.82, 2.24) is 0 Å². The first-order valence-electron chi connectivity index (χ1n) is 5.19. The van der Waals surface area contributed by atoms with Crippen molar-refractivity contribution in [3.63, 3.8) is 0 Å². The SMILES string of the molecule is CC(C)(N)CC/C=C/c1ccccc1F. The molecule has 0 saturated heterocycles. The minimum atomic E-state index is -0.180. The molecule has 0 fully saturated rings. The van der Waals surface area contributed by atoms with Gasteiger partial charge in [0.25, 0.3) is 0 Å². The van der Waals surface area contributed by atoms with Crippen LogP contribution in [0.4, 0.5) is 4.39 Å². The maximum absolute atomic E-state index is 13.2. The molecule has 1 nitrogen and oxygen atoms in total. The lowest BCUT2D eigenvalue weighted by Crippen LogP contribution is -2.31. The summed E-state index contributed by atoms with van der Waals surface area (Å²) in [6.45, 7) is 3.98. The monoisotopic (exact) mass is 207 g/mol. The summed E-state index contributed by atoms with van der Waals surface area (Å²) in [7, 11) is 0. The van der Waals surface area contributed by atoms with E-state index in [1.807, 2.05) is 26.0 Å². The first-order chi connectivity index (χ1) is 6.99. The van der Waals surface area contributed by atoms with Gasteiger partial charge in [-0.15, -0.1) is 0 Å². The van der Waals surface area contributed by atoms with E-state index in [0.29, 0.717) is 5.56 Å². The number of allylic oxidation sites excluding steroid dienone is 1. The lowest BCUT2D eigenvalue weighted by molar-refractivity contribution is 0.482. The summed E-state index contributed by atoms with van der Waals surface area (Å²) in [5.74, 6) is -0.180. The zero-order valence-corrected chi connectivity index (χ0v) is 9.33. The molecular formula is C13H18FN. The highest BCUT2D eigenvalue weighted by atomic mass is 19.1. The van der Waals surface area contributed by atoms with Crippen LogP contribution >= 0.6 is 0 Å². The molecule has 0 aliphatic carbocycles. The molecule has 0 atom stereocenters. The third-order valence-corrected chi connectivity index (χ3v) is 2.16. The molecule has 15 heavy (non-hydrogen) atoms. The van der Waals surface area contributed by atoms with E-state index >= 15 is 0 Å². The topological polar surface area (TPSA) is 26.0 Å². The number of benzene rings is 1. The van der Waals surface area contributed by atoms with Gasteiger partial charge in [0.2, 0.25) is 0 Å². The maximum atomic E-state index is 13.2. The van der Waals surface area contributed by atoms with Crippen molar-refractivity contribution in [3.05, 3.63) is 41.7 Å². The van der Waals surface area contributed by atoms with Crippen molar-refractivity contribution in [3.8, 4) is 0 Å². The van der Waals surface area contributed by atoms with E-state index < -0.39 is 0 Å². The second-order valence-corrected chi connectivity index (χ2v) is 4.45. The summed E-state index contributed by atoms with van der Waals surface area (Å²) >= 11 is 0. The first kappa shape index (κ1) is 11.9. The Kier molecular flexibility index (Phi) is 4.04. The van der Waals surface area contributed by atoms with Crippen LogP contribution in [0.3, 0.4) is 0 Å². The van der Waals surface area contributed by atoms with Crippen molar-refractivity contribution in [1.29, 1.82) is 0 Å². The fourth-order valence-corrected chi connectivity index (χ4v) is 1.28. The average molecular weight is 207 g/mol. The Balaban J connectivity index is 2.49. The second-order valence-electron chi connectivity index (χ2n) is 4.45. The highest BCUT2D eigenvalue weighted by Gasteiger charge is 2.07. The Bertz CT molecular complexity index is 337. The van der Waals surface area contributed by atoms with Gasteiger partial charge in [0.05, 0.1) is 0 Å². The van der Waals surface area contributed by atoms with Crippen LogP contribution in [0.1, 0.15) is 32.3 Å². The van der Waals surface area contributed by atoms with Gasteiger partial charge in [0, 0.05) is 11.1 Å². The molecule has 0 unspecified atom stereocenters. The molecule has 0 spiro atoms.